The van der Waals surface area contributed by atoms with Crippen LogP contribution in [0.2, 0.25) is 0 Å². The minimum Gasteiger partial charge on any atom is -0.454 e. The maximum absolute atomic E-state index is 13.5. The summed E-state index contributed by atoms with van der Waals surface area (Å²) in [5.41, 5.74) is 4.10. The number of carbonyl (C=O) groups excluding carboxylic acids is 2. The quantitative estimate of drug-likeness (QED) is 0.431. The topological polar surface area (TPSA) is 113 Å². The fraction of sp³-hybridized carbons (Fsp3) is 0.263. The number of nitrogens with zero attached hydrogens (tertiary/aromatic N) is 2. The summed E-state index contributed by atoms with van der Waals surface area (Å²) in [4.78, 5) is 48.5. The van der Waals surface area contributed by atoms with E-state index in [1.165, 1.54) is 31.3 Å². The number of aromatic nitrogens is 2. The first-order chi connectivity index (χ1) is 13.3. The van der Waals surface area contributed by atoms with Crippen LogP contribution in [0.25, 0.3) is 6.08 Å². The smallest absolute Gasteiger partial charge is 0.332 e. The van der Waals surface area contributed by atoms with Gasteiger partial charge in [-0.2, -0.15) is 0 Å². The number of carbonyl (C=O) groups is 2. The minimum absolute atomic E-state index is 0.176. The van der Waals surface area contributed by atoms with Crippen LogP contribution in [0.4, 0.5) is 10.2 Å². The van der Waals surface area contributed by atoms with E-state index in [0.717, 1.165) is 15.2 Å². The third-order valence-electron chi connectivity index (χ3n) is 3.96. The van der Waals surface area contributed by atoms with E-state index < -0.39 is 41.0 Å². The van der Waals surface area contributed by atoms with Gasteiger partial charge in [-0.3, -0.25) is 18.7 Å². The molecule has 0 spiro atoms. The van der Waals surface area contributed by atoms with Crippen molar-refractivity contribution in [3.05, 3.63) is 68.1 Å². The molecule has 0 saturated heterocycles. The van der Waals surface area contributed by atoms with Crippen LogP contribution in [-0.2, 0) is 23.1 Å². The second-order valence-electron chi connectivity index (χ2n) is 5.94. The number of ketones is 1. The van der Waals surface area contributed by atoms with Crippen molar-refractivity contribution in [2.45, 2.75) is 19.9 Å². The monoisotopic (exact) mass is 389 g/mol. The SMILES string of the molecule is CCCn1c(N)c(C(=O)COC(=O)/C=C/c2ccccc2F)c(=O)n(C)c1=O. The summed E-state index contributed by atoms with van der Waals surface area (Å²) in [5.74, 6) is -2.51. The van der Waals surface area contributed by atoms with Crippen LogP contribution in [0.5, 0.6) is 0 Å². The summed E-state index contributed by atoms with van der Waals surface area (Å²) in [5, 5.41) is 0. The Morgan fingerprint density at radius 1 is 1.25 bits per heavy atom. The molecular weight excluding hydrogens is 369 g/mol. The molecule has 1 aromatic heterocycles. The number of rotatable bonds is 7. The van der Waals surface area contributed by atoms with Crippen molar-refractivity contribution in [2.75, 3.05) is 12.3 Å². The Morgan fingerprint density at radius 2 is 1.93 bits per heavy atom. The van der Waals surface area contributed by atoms with Crippen molar-refractivity contribution in [3.8, 4) is 0 Å². The Kier molecular flexibility index (Phi) is 6.64. The molecule has 2 N–H and O–H groups in total. The van der Waals surface area contributed by atoms with Crippen molar-refractivity contribution in [1.29, 1.82) is 0 Å². The molecule has 0 saturated carbocycles. The summed E-state index contributed by atoms with van der Waals surface area (Å²) >= 11 is 0. The Balaban J connectivity index is 2.17. The van der Waals surface area contributed by atoms with Gasteiger partial charge in [0.25, 0.3) is 5.56 Å². The lowest BCUT2D eigenvalue weighted by Gasteiger charge is -2.13. The molecule has 2 rings (SSSR count). The molecule has 28 heavy (non-hydrogen) atoms. The van der Waals surface area contributed by atoms with Crippen LogP contribution >= 0.6 is 0 Å². The largest absolute Gasteiger partial charge is 0.454 e. The molecule has 9 heteroatoms. The number of halogens is 1. The molecule has 1 heterocycles. The number of benzene rings is 1. The van der Waals surface area contributed by atoms with E-state index >= 15 is 0 Å². The molecule has 0 aliphatic heterocycles. The Labute approximate surface area is 159 Å². The average molecular weight is 389 g/mol. The lowest BCUT2D eigenvalue weighted by Crippen LogP contribution is -2.43. The number of anilines is 1. The van der Waals surface area contributed by atoms with Crippen molar-refractivity contribution >= 4 is 23.6 Å². The highest BCUT2D eigenvalue weighted by Gasteiger charge is 2.22. The number of nitrogen functional groups attached to an aromatic ring is 1. The Bertz CT molecular complexity index is 1050. The van der Waals surface area contributed by atoms with Gasteiger partial charge in [-0.25, -0.2) is 14.0 Å². The summed E-state index contributed by atoms with van der Waals surface area (Å²) in [6.45, 7) is 1.29. The number of esters is 1. The first-order valence-corrected chi connectivity index (χ1v) is 8.49. The Hall–Kier alpha value is -3.49. The summed E-state index contributed by atoms with van der Waals surface area (Å²) < 4.78 is 20.2. The third-order valence-corrected chi connectivity index (χ3v) is 3.96. The zero-order valence-corrected chi connectivity index (χ0v) is 15.5. The van der Waals surface area contributed by atoms with Crippen LogP contribution in [-0.4, -0.2) is 27.5 Å². The highest BCUT2D eigenvalue weighted by molar-refractivity contribution is 6.01. The van der Waals surface area contributed by atoms with E-state index in [9.17, 15) is 23.6 Å². The van der Waals surface area contributed by atoms with Crippen molar-refractivity contribution in [2.24, 2.45) is 7.05 Å². The first-order valence-electron chi connectivity index (χ1n) is 8.49. The summed E-state index contributed by atoms with van der Waals surface area (Å²) in [6.07, 6.45) is 2.73. The molecule has 8 nitrogen and oxygen atoms in total. The molecule has 0 bridgehead atoms. The maximum Gasteiger partial charge on any atom is 0.332 e. The van der Waals surface area contributed by atoms with Gasteiger partial charge in [0, 0.05) is 25.2 Å². The number of Topliss-reactive ketones (excluding diaryl/α,β-unsaturated/α-hetero) is 1. The number of hydrogen-bond acceptors (Lipinski definition) is 6. The molecule has 0 amide bonds. The van der Waals surface area contributed by atoms with Gasteiger partial charge in [0.15, 0.2) is 6.61 Å². The molecule has 2 aromatic rings. The lowest BCUT2D eigenvalue weighted by molar-refractivity contribution is -0.136. The highest BCUT2D eigenvalue weighted by Crippen LogP contribution is 2.09. The van der Waals surface area contributed by atoms with Crippen LogP contribution in [0.1, 0.15) is 29.3 Å². The fourth-order valence-corrected chi connectivity index (χ4v) is 2.51. The molecule has 1 aromatic carbocycles. The van der Waals surface area contributed by atoms with Gasteiger partial charge in [-0.05, 0) is 18.6 Å². The van der Waals surface area contributed by atoms with Crippen LogP contribution < -0.4 is 17.0 Å². The third kappa shape index (κ3) is 4.43. The summed E-state index contributed by atoms with van der Waals surface area (Å²) in [7, 11) is 1.23. The molecule has 0 atom stereocenters. The molecule has 0 radical (unpaired) electrons. The van der Waals surface area contributed by atoms with Gasteiger partial charge in [-0.15, -0.1) is 0 Å². The van der Waals surface area contributed by atoms with Crippen LogP contribution in [0, 0.1) is 5.82 Å². The van der Waals surface area contributed by atoms with Gasteiger partial charge < -0.3 is 10.5 Å². The fourth-order valence-electron chi connectivity index (χ4n) is 2.51. The maximum atomic E-state index is 13.5. The molecule has 148 valence electrons. The summed E-state index contributed by atoms with van der Waals surface area (Å²) in [6, 6.07) is 5.80. The standard InChI is InChI=1S/C19H20FN3O5/c1-3-10-23-17(21)16(18(26)22(2)19(23)27)14(24)11-28-15(25)9-8-12-6-4-5-7-13(12)20/h4-9H,3,10-11,21H2,1-2H3/b9-8+. The molecule has 0 aliphatic carbocycles. The van der Waals surface area contributed by atoms with Crippen molar-refractivity contribution in [3.63, 3.8) is 0 Å². The van der Waals surface area contributed by atoms with Crippen LogP contribution in [0.3, 0.4) is 0 Å². The van der Waals surface area contributed by atoms with Gasteiger partial charge in [0.05, 0.1) is 0 Å². The molecular formula is C19H20FN3O5. The number of nitrogens with two attached hydrogens (primary N) is 1. The van der Waals surface area contributed by atoms with Gasteiger partial charge in [0.1, 0.15) is 17.2 Å². The van der Waals surface area contributed by atoms with Gasteiger partial charge in [0.2, 0.25) is 5.78 Å². The normalized spacial score (nSPS) is 11.0. The van der Waals surface area contributed by atoms with Gasteiger partial charge >= 0.3 is 11.7 Å². The predicted octanol–water partition coefficient (Wildman–Crippen LogP) is 1.12. The van der Waals surface area contributed by atoms with Crippen LogP contribution in [0.15, 0.2) is 39.9 Å². The zero-order valence-electron chi connectivity index (χ0n) is 15.5. The van der Waals surface area contributed by atoms with E-state index in [2.05, 4.69) is 0 Å². The number of ether oxygens (including phenoxy) is 1. The number of hydrogen-bond donors (Lipinski definition) is 1. The van der Waals surface area contributed by atoms with E-state index in [1.807, 2.05) is 6.92 Å². The highest BCUT2D eigenvalue weighted by atomic mass is 19.1. The first kappa shape index (κ1) is 20.8. The Morgan fingerprint density at radius 3 is 2.57 bits per heavy atom. The van der Waals surface area contributed by atoms with Crippen molar-refractivity contribution in [1.82, 2.24) is 9.13 Å². The second kappa shape index (κ2) is 8.94. The van der Waals surface area contributed by atoms with E-state index in [1.54, 1.807) is 6.07 Å². The second-order valence-corrected chi connectivity index (χ2v) is 5.94. The average Bonchev–Trinajstić information content (AvgIpc) is 2.67. The van der Waals surface area contributed by atoms with E-state index in [4.69, 9.17) is 10.5 Å². The molecule has 0 aliphatic rings. The van der Waals surface area contributed by atoms with E-state index in [-0.39, 0.29) is 17.9 Å². The lowest BCUT2D eigenvalue weighted by atomic mass is 10.2. The van der Waals surface area contributed by atoms with Crippen molar-refractivity contribution < 1.29 is 18.7 Å². The zero-order chi connectivity index (χ0) is 20.8. The molecule has 0 fully saturated rings. The predicted molar refractivity (Wildman–Crippen MR) is 101 cm³/mol. The minimum atomic E-state index is -0.895. The van der Waals surface area contributed by atoms with E-state index in [0.29, 0.717) is 6.42 Å². The molecule has 0 unspecified atom stereocenters. The van der Waals surface area contributed by atoms with Gasteiger partial charge in [-0.1, -0.05) is 25.1 Å².